The van der Waals surface area contributed by atoms with E-state index in [4.69, 9.17) is 11.6 Å². The quantitative estimate of drug-likeness (QED) is 0.247. The molecule has 2 N–H and O–H groups in total. The zero-order valence-corrected chi connectivity index (χ0v) is 17.2. The van der Waals surface area contributed by atoms with Crippen molar-refractivity contribution in [1.82, 2.24) is 4.57 Å². The molecule has 0 aliphatic rings. The molecule has 0 atom stereocenters. The minimum absolute atomic E-state index is 0.0197. The number of anilines is 1. The third-order valence-corrected chi connectivity index (χ3v) is 5.28. The Morgan fingerprint density at radius 1 is 1.06 bits per heavy atom. The normalized spacial score (nSPS) is 11.3. The second-order valence-corrected chi connectivity index (χ2v) is 7.40. The molecule has 1 aromatic heterocycles. The third kappa shape index (κ3) is 4.45. The Bertz CT molecular complexity index is 1330. The molecule has 0 bridgehead atoms. The lowest BCUT2D eigenvalue weighted by atomic mass is 10.1. The van der Waals surface area contributed by atoms with E-state index >= 15 is 0 Å². The van der Waals surface area contributed by atoms with Gasteiger partial charge in [-0.2, -0.15) is 5.26 Å². The van der Waals surface area contributed by atoms with Crippen LogP contribution < -0.4 is 5.32 Å². The highest BCUT2D eigenvalue weighted by atomic mass is 35.5. The lowest BCUT2D eigenvalue weighted by Gasteiger charge is -2.07. The molecule has 4 aromatic rings. The number of phenols is 1. The minimum atomic E-state index is -0.517. The van der Waals surface area contributed by atoms with Gasteiger partial charge in [0.2, 0.25) is 0 Å². The van der Waals surface area contributed by atoms with Gasteiger partial charge in [0.1, 0.15) is 17.4 Å². The molecule has 5 nitrogen and oxygen atoms in total. The third-order valence-electron chi connectivity index (χ3n) is 4.91. The van der Waals surface area contributed by atoms with Gasteiger partial charge in [-0.3, -0.25) is 4.79 Å². The number of aromatic hydroxyl groups is 1. The molecule has 152 valence electrons. The van der Waals surface area contributed by atoms with Crippen LogP contribution in [0, 0.1) is 11.3 Å². The summed E-state index contributed by atoms with van der Waals surface area (Å²) in [6.07, 6.45) is 3.50. The van der Waals surface area contributed by atoms with Crippen molar-refractivity contribution in [2.24, 2.45) is 0 Å². The van der Waals surface area contributed by atoms with Crippen LogP contribution in [0.4, 0.5) is 5.69 Å². The molecule has 0 unspecified atom stereocenters. The van der Waals surface area contributed by atoms with E-state index in [-0.39, 0.29) is 11.3 Å². The molecular weight excluding hydrogens is 410 g/mol. The highest BCUT2D eigenvalue weighted by Gasteiger charge is 2.13. The van der Waals surface area contributed by atoms with Crippen molar-refractivity contribution in [2.75, 3.05) is 5.32 Å². The van der Waals surface area contributed by atoms with E-state index in [0.717, 1.165) is 22.0 Å². The van der Waals surface area contributed by atoms with Gasteiger partial charge in [0.25, 0.3) is 5.91 Å². The summed E-state index contributed by atoms with van der Waals surface area (Å²) in [4.78, 5) is 12.6. The van der Waals surface area contributed by atoms with Crippen LogP contribution in [0.1, 0.15) is 11.1 Å². The Hall–Kier alpha value is -4.01. The van der Waals surface area contributed by atoms with E-state index in [1.54, 1.807) is 18.2 Å². The van der Waals surface area contributed by atoms with E-state index in [0.29, 0.717) is 17.3 Å². The number of phenolic OH excluding ortho intramolecular Hbond substituents is 1. The number of rotatable bonds is 5. The summed E-state index contributed by atoms with van der Waals surface area (Å²) in [5.74, 6) is -0.420. The first kappa shape index (κ1) is 20.3. The molecule has 1 amide bonds. The number of carbonyl (C=O) groups excluding carboxylic acids is 1. The summed E-state index contributed by atoms with van der Waals surface area (Å²) < 4.78 is 2.05. The van der Waals surface area contributed by atoms with E-state index < -0.39 is 5.91 Å². The van der Waals surface area contributed by atoms with Gasteiger partial charge in [-0.15, -0.1) is 0 Å². The van der Waals surface area contributed by atoms with Gasteiger partial charge in [0, 0.05) is 39.9 Å². The number of nitrogens with zero attached hydrogens (tertiary/aromatic N) is 2. The van der Waals surface area contributed by atoms with Gasteiger partial charge < -0.3 is 15.0 Å². The number of nitrogens with one attached hydrogen (secondary N) is 1. The van der Waals surface area contributed by atoms with Gasteiger partial charge in [0.05, 0.1) is 0 Å². The van der Waals surface area contributed by atoms with E-state index in [2.05, 4.69) is 9.88 Å². The number of para-hydroxylation sites is 1. The van der Waals surface area contributed by atoms with Crippen LogP contribution in [0.25, 0.3) is 17.0 Å². The number of carbonyl (C=O) groups is 1. The fourth-order valence-electron chi connectivity index (χ4n) is 3.38. The van der Waals surface area contributed by atoms with Crippen LogP contribution in [-0.2, 0) is 11.3 Å². The van der Waals surface area contributed by atoms with Crippen molar-refractivity contribution in [1.29, 1.82) is 5.26 Å². The maximum absolute atomic E-state index is 12.6. The molecule has 0 radical (unpaired) electrons. The van der Waals surface area contributed by atoms with Gasteiger partial charge in [0.15, 0.2) is 0 Å². The second kappa shape index (κ2) is 8.78. The van der Waals surface area contributed by atoms with E-state index in [9.17, 15) is 15.2 Å². The topological polar surface area (TPSA) is 78.0 Å². The van der Waals surface area contributed by atoms with Crippen molar-refractivity contribution in [3.63, 3.8) is 0 Å². The Balaban J connectivity index is 1.68. The molecule has 3 aromatic carbocycles. The average Bonchev–Trinajstić information content (AvgIpc) is 3.12. The molecule has 0 fully saturated rings. The number of hydrogen-bond donors (Lipinski definition) is 2. The van der Waals surface area contributed by atoms with Crippen LogP contribution in [0.15, 0.2) is 84.6 Å². The molecule has 6 heteroatoms. The Morgan fingerprint density at radius 2 is 1.77 bits per heavy atom. The van der Waals surface area contributed by atoms with Gasteiger partial charge in [-0.1, -0.05) is 48.0 Å². The number of aromatic nitrogens is 1. The molecule has 0 aliphatic carbocycles. The molecule has 4 rings (SSSR count). The summed E-state index contributed by atoms with van der Waals surface area (Å²) in [6, 6.07) is 23.5. The van der Waals surface area contributed by atoms with Crippen molar-refractivity contribution < 1.29 is 9.90 Å². The summed E-state index contributed by atoms with van der Waals surface area (Å²) >= 11 is 6.33. The standard InChI is InChI=1S/C25H18ClN3O2/c26-23-7-3-1-5-17(23)15-29-16-19(22-6-2-4-8-24(22)29)13-18(14-27)25(31)28-20-9-11-21(30)12-10-20/h1-13,16,30H,15H2,(H,28,31)/b18-13-. The lowest BCUT2D eigenvalue weighted by molar-refractivity contribution is -0.112. The summed E-state index contributed by atoms with van der Waals surface area (Å²) in [6.45, 7) is 0.565. The Morgan fingerprint density at radius 3 is 2.52 bits per heavy atom. The van der Waals surface area contributed by atoms with Crippen LogP contribution in [-0.4, -0.2) is 15.6 Å². The first-order valence-electron chi connectivity index (χ1n) is 9.58. The maximum atomic E-state index is 12.6. The first-order valence-corrected chi connectivity index (χ1v) is 9.96. The van der Waals surface area contributed by atoms with Crippen molar-refractivity contribution in [2.45, 2.75) is 6.54 Å². The zero-order valence-electron chi connectivity index (χ0n) is 16.4. The van der Waals surface area contributed by atoms with Crippen LogP contribution in [0.2, 0.25) is 5.02 Å². The Labute approximate surface area is 184 Å². The average molecular weight is 428 g/mol. The highest BCUT2D eigenvalue weighted by molar-refractivity contribution is 6.31. The number of halogens is 1. The van der Waals surface area contributed by atoms with E-state index in [1.807, 2.05) is 60.8 Å². The Kier molecular flexibility index (Phi) is 5.74. The smallest absolute Gasteiger partial charge is 0.266 e. The van der Waals surface area contributed by atoms with Crippen LogP contribution in [0.3, 0.4) is 0 Å². The monoisotopic (exact) mass is 427 g/mol. The molecule has 0 aliphatic heterocycles. The SMILES string of the molecule is N#C/C(=C/c1cn(Cc2ccccc2Cl)c2ccccc12)C(=O)Nc1ccc(O)cc1. The van der Waals surface area contributed by atoms with Gasteiger partial charge >= 0.3 is 0 Å². The van der Waals surface area contributed by atoms with Crippen molar-refractivity contribution in [3.8, 4) is 11.8 Å². The largest absolute Gasteiger partial charge is 0.508 e. The number of hydrogen-bond acceptors (Lipinski definition) is 3. The molecule has 31 heavy (non-hydrogen) atoms. The predicted octanol–water partition coefficient (Wildman–Crippen LogP) is 5.59. The zero-order chi connectivity index (χ0) is 21.8. The molecule has 0 saturated heterocycles. The van der Waals surface area contributed by atoms with Crippen molar-refractivity contribution in [3.05, 3.63) is 101 Å². The fourth-order valence-corrected chi connectivity index (χ4v) is 3.57. The number of amides is 1. The molecular formula is C25H18ClN3O2. The summed E-state index contributed by atoms with van der Waals surface area (Å²) in [5.41, 5.74) is 3.19. The number of nitriles is 1. The van der Waals surface area contributed by atoms with Gasteiger partial charge in [-0.25, -0.2) is 0 Å². The minimum Gasteiger partial charge on any atom is -0.508 e. The molecule has 1 heterocycles. The predicted molar refractivity (Wildman–Crippen MR) is 123 cm³/mol. The maximum Gasteiger partial charge on any atom is 0.266 e. The first-order chi connectivity index (χ1) is 15.0. The number of benzene rings is 3. The van der Waals surface area contributed by atoms with Gasteiger partial charge in [-0.05, 0) is 48.0 Å². The summed E-state index contributed by atoms with van der Waals surface area (Å²) in [5, 5.41) is 23.3. The molecule has 0 saturated carbocycles. The number of fused-ring (bicyclic) bond motifs is 1. The lowest BCUT2D eigenvalue weighted by Crippen LogP contribution is -2.13. The fraction of sp³-hybridized carbons (Fsp3) is 0.0400. The van der Waals surface area contributed by atoms with E-state index in [1.165, 1.54) is 12.1 Å². The second-order valence-electron chi connectivity index (χ2n) is 6.99. The van der Waals surface area contributed by atoms with Crippen LogP contribution in [0.5, 0.6) is 5.75 Å². The summed E-state index contributed by atoms with van der Waals surface area (Å²) in [7, 11) is 0. The highest BCUT2D eigenvalue weighted by Crippen LogP contribution is 2.26. The molecule has 0 spiro atoms. The van der Waals surface area contributed by atoms with Crippen molar-refractivity contribution >= 4 is 40.2 Å². The van der Waals surface area contributed by atoms with Crippen LogP contribution >= 0.6 is 11.6 Å².